The van der Waals surface area contributed by atoms with Crippen LogP contribution in [-0.2, 0) is 10.5 Å². The molecule has 0 fully saturated rings. The van der Waals surface area contributed by atoms with Crippen LogP contribution in [0, 0.1) is 0 Å². The van der Waals surface area contributed by atoms with Crippen molar-refractivity contribution in [3.8, 4) is 0 Å². The van der Waals surface area contributed by atoms with Gasteiger partial charge in [-0.3, -0.25) is 0 Å². The van der Waals surface area contributed by atoms with Crippen LogP contribution in [0.15, 0.2) is 28.6 Å². The zero-order valence-corrected chi connectivity index (χ0v) is 7.51. The summed E-state index contributed by atoms with van der Waals surface area (Å²) < 4.78 is 59.4. The maximum atomic E-state index is 12.1. The molecular formula is C6H4BF3NO2S-. The third kappa shape index (κ3) is 2.88. The molecule has 0 bridgehead atoms. The van der Waals surface area contributed by atoms with Crippen molar-refractivity contribution in [1.29, 1.82) is 0 Å². The van der Waals surface area contributed by atoms with Gasteiger partial charge in [-0.15, -0.1) is 9.83 Å². The van der Waals surface area contributed by atoms with Gasteiger partial charge in [0.25, 0.3) is 0 Å². The van der Waals surface area contributed by atoms with Gasteiger partial charge >= 0.3 is 17.5 Å². The van der Waals surface area contributed by atoms with Crippen molar-refractivity contribution >= 4 is 28.6 Å². The summed E-state index contributed by atoms with van der Waals surface area (Å²) in [6.07, 6.45) is 0. The fourth-order valence-corrected chi connectivity index (χ4v) is 1.13. The molecule has 1 aromatic rings. The van der Waals surface area contributed by atoms with Crippen molar-refractivity contribution in [3.63, 3.8) is 0 Å². The molecule has 0 saturated carbocycles. The number of benzene rings is 1. The highest BCUT2D eigenvalue weighted by molar-refractivity contribution is 7.61. The Morgan fingerprint density at radius 1 is 1.07 bits per heavy atom. The zero-order valence-electron chi connectivity index (χ0n) is 6.69. The molecule has 0 heterocycles. The first-order chi connectivity index (χ1) is 6.39. The first-order valence-corrected chi connectivity index (χ1v) is 4.54. The molecule has 8 heteroatoms. The summed E-state index contributed by atoms with van der Waals surface area (Å²) in [6, 6.07) is 3.60. The minimum absolute atomic E-state index is 0.0258. The van der Waals surface area contributed by atoms with Gasteiger partial charge < -0.3 is 12.9 Å². The summed E-state index contributed by atoms with van der Waals surface area (Å²) in [5.41, 5.74) is -0.803. The highest BCUT2D eigenvalue weighted by atomic mass is 32.2. The van der Waals surface area contributed by atoms with E-state index in [2.05, 4.69) is 4.36 Å². The lowest BCUT2D eigenvalue weighted by Crippen LogP contribution is -2.33. The Bertz CT molecular complexity index is 443. The van der Waals surface area contributed by atoms with E-state index in [4.69, 9.17) is 0 Å². The molecule has 0 N–H and O–H groups in total. The van der Waals surface area contributed by atoms with Crippen LogP contribution in [0.3, 0.4) is 0 Å². The lowest BCUT2D eigenvalue weighted by Gasteiger charge is -2.13. The third-order valence-electron chi connectivity index (χ3n) is 1.45. The van der Waals surface area contributed by atoms with E-state index >= 15 is 0 Å². The molecule has 0 radical (unpaired) electrons. The molecule has 0 amide bonds. The van der Waals surface area contributed by atoms with E-state index in [1.165, 1.54) is 0 Å². The molecule has 0 saturated heterocycles. The van der Waals surface area contributed by atoms with E-state index in [1.807, 2.05) is 0 Å². The first-order valence-electron chi connectivity index (χ1n) is 3.50. The van der Waals surface area contributed by atoms with Gasteiger partial charge in [-0.05, 0) is 12.1 Å². The highest BCUT2D eigenvalue weighted by Crippen LogP contribution is 2.13. The van der Waals surface area contributed by atoms with Gasteiger partial charge in [-0.2, -0.15) is 8.42 Å². The lowest BCUT2D eigenvalue weighted by molar-refractivity contribution is 0.501. The molecule has 14 heavy (non-hydrogen) atoms. The maximum absolute atomic E-state index is 12.1. The first kappa shape index (κ1) is 10.8. The predicted molar refractivity (Wildman–Crippen MR) is 46.2 cm³/mol. The topological polar surface area (TPSA) is 46.5 Å². The van der Waals surface area contributed by atoms with Crippen molar-refractivity contribution in [2.45, 2.75) is 0 Å². The summed E-state index contributed by atoms with van der Waals surface area (Å²) in [5.74, 6) is 0. The molecule has 0 aliphatic rings. The standard InChI is InChI=1S/C6H4BF3NO2S/c8-7(9,10)5-1-3-6(4-2-5)11-14(12)13/h1-4H/q-1/i8-1,9-1,10-1. The van der Waals surface area contributed by atoms with Crippen molar-refractivity contribution < 1.29 is 21.4 Å². The minimum atomic E-state index is -5.04. The van der Waals surface area contributed by atoms with E-state index in [0.717, 1.165) is 24.3 Å². The summed E-state index contributed by atoms with van der Waals surface area (Å²) in [4.78, 5) is 0. The zero-order chi connectivity index (χ0) is 10.8. The second-order valence-electron chi connectivity index (χ2n) is 2.47. The Morgan fingerprint density at radius 2 is 1.57 bits per heavy atom. The quantitative estimate of drug-likeness (QED) is 0.706. The van der Waals surface area contributed by atoms with E-state index in [-0.39, 0.29) is 5.69 Å². The Morgan fingerprint density at radius 3 is 1.93 bits per heavy atom. The normalized spacial score (nSPS) is 11.1. The maximum Gasteiger partial charge on any atom is 0.509 e. The van der Waals surface area contributed by atoms with Gasteiger partial charge in [0.05, 0.1) is 5.69 Å². The molecule has 0 aliphatic carbocycles. The lowest BCUT2D eigenvalue weighted by atomic mass is 9.78. The van der Waals surface area contributed by atoms with Gasteiger partial charge in [-0.25, -0.2) is 0 Å². The molecule has 0 atom stereocenters. The molecule has 1 aromatic carbocycles. The fourth-order valence-electron chi connectivity index (χ4n) is 0.839. The van der Waals surface area contributed by atoms with Crippen LogP contribution < -0.4 is 5.46 Å². The van der Waals surface area contributed by atoms with E-state index in [0.29, 0.717) is 0 Å². The van der Waals surface area contributed by atoms with Crippen molar-refractivity contribution in [3.05, 3.63) is 24.3 Å². The summed E-state index contributed by atoms with van der Waals surface area (Å²) >= 11 is 0. The molecule has 3 nitrogen and oxygen atoms in total. The van der Waals surface area contributed by atoms with Crippen LogP contribution in [0.5, 0.6) is 0 Å². The number of rotatable bonds is 2. The van der Waals surface area contributed by atoms with Crippen molar-refractivity contribution in [2.75, 3.05) is 0 Å². The van der Waals surface area contributed by atoms with E-state index in [1.54, 1.807) is 0 Å². The smallest absolute Gasteiger partial charge is 0.445 e. The number of halogens is 3. The predicted octanol–water partition coefficient (Wildman–Crippen LogP) is 1.44. The van der Waals surface area contributed by atoms with Crippen molar-refractivity contribution in [1.82, 2.24) is 0 Å². The van der Waals surface area contributed by atoms with Crippen LogP contribution >= 0.6 is 0 Å². The second kappa shape index (κ2) is 3.83. The van der Waals surface area contributed by atoms with Gasteiger partial charge in [0.1, 0.15) is 0 Å². The average molecular weight is 219 g/mol. The van der Waals surface area contributed by atoms with Crippen LogP contribution in [0.4, 0.5) is 18.6 Å². The van der Waals surface area contributed by atoms with Crippen LogP contribution in [0.1, 0.15) is 0 Å². The molecular weight excluding hydrogens is 215 g/mol. The van der Waals surface area contributed by atoms with Gasteiger partial charge in [0, 0.05) is 0 Å². The van der Waals surface area contributed by atoms with E-state index < -0.39 is 22.9 Å². The number of hydrogen-bond acceptors (Lipinski definition) is 3. The third-order valence-corrected chi connectivity index (χ3v) is 1.81. The van der Waals surface area contributed by atoms with Gasteiger partial charge in [0.2, 0.25) is 0 Å². The Labute approximate surface area is 79.3 Å². The number of nitrogens with zero attached hydrogens (tertiary/aromatic N) is 1. The van der Waals surface area contributed by atoms with Gasteiger partial charge in [0.15, 0.2) is 0 Å². The van der Waals surface area contributed by atoms with Gasteiger partial charge in [-0.1, -0.05) is 12.1 Å². The molecule has 0 spiro atoms. The average Bonchev–Trinajstić information content (AvgIpc) is 2.02. The summed E-state index contributed by atoms with van der Waals surface area (Å²) in [6.45, 7) is -5.04. The Kier molecular flexibility index (Phi) is 2.95. The Balaban J connectivity index is 3.07. The molecule has 0 aromatic heterocycles. The summed E-state index contributed by atoms with van der Waals surface area (Å²) in [7, 11) is -2.65. The molecule has 76 valence electrons. The highest BCUT2D eigenvalue weighted by Gasteiger charge is 2.24. The fraction of sp³-hybridized carbons (Fsp3) is 0. The SMILES string of the molecule is O=S(=O)=Nc1ccc([B-]([18F])([18F])[18F])cc1. The largest absolute Gasteiger partial charge is 0.509 e. The molecule has 0 aliphatic heterocycles. The van der Waals surface area contributed by atoms with E-state index in [9.17, 15) is 21.4 Å². The molecule has 1 rings (SSSR count). The monoisotopic (exact) mass is 219 g/mol. The van der Waals surface area contributed by atoms with Crippen molar-refractivity contribution in [2.24, 2.45) is 4.36 Å². The Hall–Kier alpha value is -1.31. The summed E-state index contributed by atoms with van der Waals surface area (Å²) in [5, 5.41) is 0. The number of hydrogen-bond donors (Lipinski definition) is 0. The van der Waals surface area contributed by atoms with Crippen LogP contribution in [0.2, 0.25) is 0 Å². The second-order valence-corrected chi connectivity index (χ2v) is 3.09. The van der Waals surface area contributed by atoms with Crippen LogP contribution in [-0.4, -0.2) is 15.4 Å². The van der Waals surface area contributed by atoms with Crippen LogP contribution in [0.25, 0.3) is 0 Å². The molecule has 0 unspecified atom stereocenters. The minimum Gasteiger partial charge on any atom is -0.445 e.